The number of nitrogens with one attached hydrogen (secondary N) is 1. The Labute approximate surface area is 91.7 Å². The summed E-state index contributed by atoms with van der Waals surface area (Å²) in [4.78, 5) is 13.1. The normalized spacial score (nSPS) is 12.5. The monoisotopic (exact) mass is 218 g/mol. The highest BCUT2D eigenvalue weighted by Crippen LogP contribution is 1.89. The van der Waals surface area contributed by atoms with Crippen molar-refractivity contribution >= 4 is 5.91 Å². The van der Waals surface area contributed by atoms with Crippen LogP contribution in [0.4, 0.5) is 0 Å². The molecule has 0 aromatic heterocycles. The minimum absolute atomic E-state index is 0.00488. The SMILES string of the molecule is CCN(C)C(=O)CNCC(COC)OC. The molecule has 0 fully saturated rings. The van der Waals surface area contributed by atoms with Gasteiger partial charge in [0.05, 0.1) is 19.3 Å². The van der Waals surface area contributed by atoms with E-state index in [0.29, 0.717) is 19.7 Å². The Morgan fingerprint density at radius 3 is 2.60 bits per heavy atom. The second-order valence-electron chi connectivity index (χ2n) is 3.35. The molecule has 1 amide bonds. The molecule has 0 saturated heterocycles. The quantitative estimate of drug-likeness (QED) is 0.608. The molecule has 90 valence electrons. The van der Waals surface area contributed by atoms with Gasteiger partial charge in [0.2, 0.25) is 5.91 Å². The fourth-order valence-corrected chi connectivity index (χ4v) is 1.05. The molecule has 1 N–H and O–H groups in total. The Bertz CT molecular complexity index is 176. The molecule has 0 rings (SSSR count). The second-order valence-corrected chi connectivity index (χ2v) is 3.35. The maximum atomic E-state index is 11.4. The van der Waals surface area contributed by atoms with Crippen molar-refractivity contribution < 1.29 is 14.3 Å². The van der Waals surface area contributed by atoms with Gasteiger partial charge in [0.25, 0.3) is 0 Å². The van der Waals surface area contributed by atoms with Gasteiger partial charge < -0.3 is 19.7 Å². The van der Waals surface area contributed by atoms with Crippen LogP contribution in [0, 0.1) is 0 Å². The van der Waals surface area contributed by atoms with Crippen LogP contribution in [0.1, 0.15) is 6.92 Å². The Kier molecular flexibility index (Phi) is 8.27. The Hall–Kier alpha value is -0.650. The number of hydrogen-bond acceptors (Lipinski definition) is 4. The summed E-state index contributed by atoms with van der Waals surface area (Å²) >= 11 is 0. The van der Waals surface area contributed by atoms with Gasteiger partial charge in [-0.05, 0) is 6.92 Å². The maximum Gasteiger partial charge on any atom is 0.236 e. The molecule has 0 saturated carbocycles. The number of hydrogen-bond donors (Lipinski definition) is 1. The lowest BCUT2D eigenvalue weighted by Gasteiger charge is -2.17. The molecule has 0 aliphatic rings. The third-order valence-electron chi connectivity index (χ3n) is 2.23. The van der Waals surface area contributed by atoms with Crippen molar-refractivity contribution in [1.82, 2.24) is 10.2 Å². The molecular weight excluding hydrogens is 196 g/mol. The Morgan fingerprint density at radius 1 is 1.47 bits per heavy atom. The average Bonchev–Trinajstić information content (AvgIpc) is 2.26. The number of carbonyl (C=O) groups is 1. The van der Waals surface area contributed by atoms with Crippen LogP contribution in [-0.2, 0) is 14.3 Å². The average molecular weight is 218 g/mol. The molecule has 15 heavy (non-hydrogen) atoms. The third kappa shape index (κ3) is 6.43. The summed E-state index contributed by atoms with van der Waals surface area (Å²) in [6, 6.07) is 0. The van der Waals surface area contributed by atoms with E-state index in [1.165, 1.54) is 0 Å². The van der Waals surface area contributed by atoms with Crippen LogP contribution in [-0.4, -0.2) is 64.4 Å². The van der Waals surface area contributed by atoms with Crippen molar-refractivity contribution in [2.45, 2.75) is 13.0 Å². The molecule has 0 bridgehead atoms. The summed E-state index contributed by atoms with van der Waals surface area (Å²) in [5, 5.41) is 3.04. The summed E-state index contributed by atoms with van der Waals surface area (Å²) < 4.78 is 10.1. The summed E-state index contributed by atoms with van der Waals surface area (Å²) in [6.07, 6.45) is -0.00488. The van der Waals surface area contributed by atoms with Gasteiger partial charge in [-0.15, -0.1) is 0 Å². The van der Waals surface area contributed by atoms with Gasteiger partial charge in [0, 0.05) is 34.4 Å². The van der Waals surface area contributed by atoms with E-state index in [4.69, 9.17) is 9.47 Å². The second kappa shape index (κ2) is 8.64. The summed E-state index contributed by atoms with van der Waals surface area (Å²) in [5.41, 5.74) is 0. The largest absolute Gasteiger partial charge is 0.382 e. The van der Waals surface area contributed by atoms with E-state index < -0.39 is 0 Å². The lowest BCUT2D eigenvalue weighted by Crippen LogP contribution is -2.39. The van der Waals surface area contributed by atoms with Gasteiger partial charge in [-0.25, -0.2) is 0 Å². The first-order chi connectivity index (χ1) is 7.15. The maximum absolute atomic E-state index is 11.4. The van der Waals surface area contributed by atoms with Crippen LogP contribution in [0.15, 0.2) is 0 Å². The summed E-state index contributed by atoms with van der Waals surface area (Å²) in [5.74, 6) is 0.0877. The highest BCUT2D eigenvalue weighted by Gasteiger charge is 2.09. The molecular formula is C10H22N2O3. The predicted molar refractivity (Wildman–Crippen MR) is 58.9 cm³/mol. The first kappa shape index (κ1) is 14.3. The lowest BCUT2D eigenvalue weighted by atomic mass is 10.3. The minimum Gasteiger partial charge on any atom is -0.382 e. The fraction of sp³-hybridized carbons (Fsp3) is 0.900. The highest BCUT2D eigenvalue weighted by molar-refractivity contribution is 5.77. The van der Waals surface area contributed by atoms with Gasteiger partial charge in [0.1, 0.15) is 0 Å². The van der Waals surface area contributed by atoms with E-state index in [9.17, 15) is 4.79 Å². The van der Waals surface area contributed by atoms with E-state index in [1.807, 2.05) is 6.92 Å². The lowest BCUT2D eigenvalue weighted by molar-refractivity contribution is -0.128. The van der Waals surface area contributed by atoms with Crippen molar-refractivity contribution in [3.63, 3.8) is 0 Å². The highest BCUT2D eigenvalue weighted by atomic mass is 16.5. The molecule has 0 heterocycles. The molecule has 1 unspecified atom stereocenters. The Morgan fingerprint density at radius 2 is 2.13 bits per heavy atom. The zero-order valence-corrected chi connectivity index (χ0v) is 10.1. The van der Waals surface area contributed by atoms with Gasteiger partial charge in [-0.2, -0.15) is 0 Å². The van der Waals surface area contributed by atoms with Crippen LogP contribution >= 0.6 is 0 Å². The number of ether oxygens (including phenoxy) is 2. The van der Waals surface area contributed by atoms with E-state index in [-0.39, 0.29) is 12.0 Å². The molecule has 0 aliphatic heterocycles. The fourth-order valence-electron chi connectivity index (χ4n) is 1.05. The number of amides is 1. The number of likely N-dealkylation sites (N-methyl/N-ethyl adjacent to an activating group) is 1. The van der Waals surface area contributed by atoms with E-state index in [1.54, 1.807) is 26.2 Å². The van der Waals surface area contributed by atoms with Gasteiger partial charge in [-0.3, -0.25) is 4.79 Å². The standard InChI is InChI=1S/C10H22N2O3/c1-5-12(2)10(13)7-11-6-9(15-4)8-14-3/h9,11H,5-8H2,1-4H3. The molecule has 5 heteroatoms. The van der Waals surface area contributed by atoms with Gasteiger partial charge >= 0.3 is 0 Å². The van der Waals surface area contributed by atoms with Crippen LogP contribution in [0.2, 0.25) is 0 Å². The van der Waals surface area contributed by atoms with Crippen molar-refractivity contribution in [3.8, 4) is 0 Å². The molecule has 5 nitrogen and oxygen atoms in total. The van der Waals surface area contributed by atoms with Crippen LogP contribution < -0.4 is 5.32 Å². The number of carbonyl (C=O) groups excluding carboxylic acids is 1. The van der Waals surface area contributed by atoms with Gasteiger partial charge in [-0.1, -0.05) is 0 Å². The number of nitrogens with zero attached hydrogens (tertiary/aromatic N) is 1. The molecule has 0 aromatic carbocycles. The molecule has 0 spiro atoms. The first-order valence-corrected chi connectivity index (χ1v) is 5.12. The zero-order chi connectivity index (χ0) is 11.7. The van der Waals surface area contributed by atoms with Gasteiger partial charge in [0.15, 0.2) is 0 Å². The topological polar surface area (TPSA) is 50.8 Å². The molecule has 0 aliphatic carbocycles. The Balaban J connectivity index is 3.63. The van der Waals surface area contributed by atoms with Crippen molar-refractivity contribution in [3.05, 3.63) is 0 Å². The zero-order valence-electron chi connectivity index (χ0n) is 10.1. The van der Waals surface area contributed by atoms with Crippen molar-refractivity contribution in [1.29, 1.82) is 0 Å². The summed E-state index contributed by atoms with van der Waals surface area (Å²) in [6.45, 7) is 4.16. The van der Waals surface area contributed by atoms with Crippen LogP contribution in [0.5, 0.6) is 0 Å². The minimum atomic E-state index is -0.00488. The van der Waals surface area contributed by atoms with Crippen LogP contribution in [0.3, 0.4) is 0 Å². The van der Waals surface area contributed by atoms with Crippen LogP contribution in [0.25, 0.3) is 0 Å². The van der Waals surface area contributed by atoms with Crippen molar-refractivity contribution in [2.24, 2.45) is 0 Å². The molecule has 1 atom stereocenters. The molecule has 0 aromatic rings. The number of rotatable bonds is 8. The first-order valence-electron chi connectivity index (χ1n) is 5.12. The molecule has 0 radical (unpaired) electrons. The predicted octanol–water partition coefficient (Wildman–Crippen LogP) is -0.284. The summed E-state index contributed by atoms with van der Waals surface area (Å²) in [7, 11) is 5.04. The van der Waals surface area contributed by atoms with E-state index in [2.05, 4.69) is 5.32 Å². The van der Waals surface area contributed by atoms with E-state index >= 15 is 0 Å². The third-order valence-corrected chi connectivity index (χ3v) is 2.23. The smallest absolute Gasteiger partial charge is 0.236 e. The van der Waals surface area contributed by atoms with E-state index in [0.717, 1.165) is 6.54 Å². The number of methoxy groups -OCH3 is 2. The van der Waals surface area contributed by atoms with Crippen molar-refractivity contribution in [2.75, 3.05) is 47.5 Å².